The predicted octanol–water partition coefficient (Wildman–Crippen LogP) is 2.24. The van der Waals surface area contributed by atoms with Crippen molar-refractivity contribution in [3.63, 3.8) is 0 Å². The second kappa shape index (κ2) is 9.43. The molecule has 1 rings (SSSR count). The van der Waals surface area contributed by atoms with Crippen molar-refractivity contribution in [1.29, 1.82) is 0 Å². The molecule has 0 spiro atoms. The Kier molecular flexibility index (Phi) is 7.91. The van der Waals surface area contributed by atoms with E-state index in [4.69, 9.17) is 14.2 Å². The van der Waals surface area contributed by atoms with Gasteiger partial charge in [-0.25, -0.2) is 0 Å². The molecule has 0 heterocycles. The summed E-state index contributed by atoms with van der Waals surface area (Å²) in [4.78, 5) is 35.2. The first-order chi connectivity index (χ1) is 10.5. The fourth-order valence-electron chi connectivity index (χ4n) is 2.52. The lowest BCUT2D eigenvalue weighted by atomic mass is 9.79. The molecule has 2 atom stereocenters. The van der Waals surface area contributed by atoms with Crippen molar-refractivity contribution in [1.82, 2.24) is 0 Å². The van der Waals surface area contributed by atoms with E-state index in [1.807, 2.05) is 0 Å². The van der Waals surface area contributed by atoms with Crippen LogP contribution in [0.25, 0.3) is 0 Å². The van der Waals surface area contributed by atoms with Crippen LogP contribution in [0.5, 0.6) is 0 Å². The lowest BCUT2D eigenvalue weighted by molar-refractivity contribution is -0.166. The Bertz CT molecular complexity index is 390. The maximum atomic E-state index is 12.1. The van der Waals surface area contributed by atoms with E-state index in [1.54, 1.807) is 20.8 Å². The number of carbonyl (C=O) groups excluding carboxylic acids is 3. The molecule has 2 unspecified atom stereocenters. The van der Waals surface area contributed by atoms with Gasteiger partial charge in [0.15, 0.2) is 0 Å². The van der Waals surface area contributed by atoms with Crippen LogP contribution in [0, 0.1) is 11.8 Å². The van der Waals surface area contributed by atoms with E-state index in [9.17, 15) is 14.4 Å². The Labute approximate surface area is 131 Å². The lowest BCUT2D eigenvalue weighted by Gasteiger charge is -2.28. The molecule has 0 aromatic heterocycles. The molecule has 1 saturated carbocycles. The third-order valence-corrected chi connectivity index (χ3v) is 3.60. The molecule has 1 aliphatic carbocycles. The quantitative estimate of drug-likeness (QED) is 0.407. The van der Waals surface area contributed by atoms with E-state index < -0.39 is 17.8 Å². The van der Waals surface area contributed by atoms with Crippen LogP contribution >= 0.6 is 0 Å². The molecule has 1 fully saturated rings. The van der Waals surface area contributed by atoms with E-state index in [-0.39, 0.29) is 31.3 Å². The van der Waals surface area contributed by atoms with E-state index >= 15 is 0 Å². The Balaban J connectivity index is 2.46. The monoisotopic (exact) mass is 314 g/mol. The Hall–Kier alpha value is -1.59. The van der Waals surface area contributed by atoms with Crippen LogP contribution in [-0.4, -0.2) is 37.2 Å². The molecule has 0 aliphatic heterocycles. The van der Waals surface area contributed by atoms with Gasteiger partial charge in [-0.2, -0.15) is 0 Å². The van der Waals surface area contributed by atoms with Gasteiger partial charge in [-0.3, -0.25) is 14.4 Å². The zero-order chi connectivity index (χ0) is 16.5. The zero-order valence-corrected chi connectivity index (χ0v) is 13.6. The number of ether oxygens (including phenoxy) is 3. The topological polar surface area (TPSA) is 78.9 Å². The second-order valence-electron chi connectivity index (χ2n) is 5.72. The lowest BCUT2D eigenvalue weighted by Crippen LogP contribution is -2.36. The number of rotatable bonds is 7. The number of esters is 3. The van der Waals surface area contributed by atoms with Crippen molar-refractivity contribution in [2.24, 2.45) is 11.8 Å². The summed E-state index contributed by atoms with van der Waals surface area (Å²) in [5, 5.41) is 0. The van der Waals surface area contributed by atoms with Gasteiger partial charge in [0.25, 0.3) is 0 Å². The van der Waals surface area contributed by atoms with Gasteiger partial charge in [0.2, 0.25) is 0 Å². The van der Waals surface area contributed by atoms with Crippen molar-refractivity contribution in [2.45, 2.75) is 59.0 Å². The van der Waals surface area contributed by atoms with Gasteiger partial charge >= 0.3 is 17.9 Å². The number of hydrogen-bond acceptors (Lipinski definition) is 6. The van der Waals surface area contributed by atoms with Crippen LogP contribution in [0.3, 0.4) is 0 Å². The Morgan fingerprint density at radius 1 is 0.955 bits per heavy atom. The van der Waals surface area contributed by atoms with Crippen molar-refractivity contribution in [3.05, 3.63) is 0 Å². The first-order valence-corrected chi connectivity index (χ1v) is 7.98. The fraction of sp³-hybridized carbons (Fsp3) is 0.812. The van der Waals surface area contributed by atoms with Gasteiger partial charge < -0.3 is 14.2 Å². The zero-order valence-electron chi connectivity index (χ0n) is 13.6. The highest BCUT2D eigenvalue weighted by Crippen LogP contribution is 2.32. The molecule has 0 aromatic carbocycles. The summed E-state index contributed by atoms with van der Waals surface area (Å²) in [6.45, 7) is 5.34. The minimum absolute atomic E-state index is 0.0209. The van der Waals surface area contributed by atoms with Gasteiger partial charge in [0.1, 0.15) is 13.2 Å². The molecule has 0 amide bonds. The highest BCUT2D eigenvalue weighted by atomic mass is 16.6. The van der Waals surface area contributed by atoms with Gasteiger partial charge in [-0.15, -0.1) is 0 Å². The third-order valence-electron chi connectivity index (χ3n) is 3.60. The molecule has 6 nitrogen and oxygen atoms in total. The summed E-state index contributed by atoms with van der Waals surface area (Å²) in [6.07, 6.45) is 3.19. The van der Waals surface area contributed by atoms with E-state index in [0.717, 1.165) is 12.8 Å². The average Bonchev–Trinajstić information content (AvgIpc) is 2.50. The summed E-state index contributed by atoms with van der Waals surface area (Å²) in [5.41, 5.74) is 0. The van der Waals surface area contributed by atoms with Crippen LogP contribution in [0.2, 0.25) is 0 Å². The molecular weight excluding hydrogens is 288 g/mol. The van der Waals surface area contributed by atoms with Gasteiger partial charge in [0.05, 0.1) is 17.9 Å². The molecule has 1 aliphatic rings. The molecule has 0 radical (unpaired) electrons. The van der Waals surface area contributed by atoms with Crippen LogP contribution < -0.4 is 0 Å². The molecule has 0 N–H and O–H groups in total. The van der Waals surface area contributed by atoms with Crippen LogP contribution in [0.4, 0.5) is 0 Å². The van der Waals surface area contributed by atoms with Gasteiger partial charge in [-0.1, -0.05) is 19.8 Å². The van der Waals surface area contributed by atoms with Gasteiger partial charge in [-0.05, 0) is 26.7 Å². The molecule has 0 aromatic rings. The predicted molar refractivity (Wildman–Crippen MR) is 78.9 cm³/mol. The van der Waals surface area contributed by atoms with Crippen molar-refractivity contribution < 1.29 is 28.6 Å². The number of hydrogen-bond donors (Lipinski definition) is 0. The summed E-state index contributed by atoms with van der Waals surface area (Å²) >= 11 is 0. The van der Waals surface area contributed by atoms with Crippen LogP contribution in [0.1, 0.15) is 52.9 Å². The highest BCUT2D eigenvalue weighted by Gasteiger charge is 2.38. The van der Waals surface area contributed by atoms with Gasteiger partial charge in [0, 0.05) is 6.42 Å². The normalized spacial score (nSPS) is 21.3. The number of carbonyl (C=O) groups is 3. The van der Waals surface area contributed by atoms with E-state index in [1.165, 1.54) is 0 Å². The van der Waals surface area contributed by atoms with Crippen molar-refractivity contribution >= 4 is 17.9 Å². The highest BCUT2D eigenvalue weighted by molar-refractivity contribution is 5.82. The molecule has 126 valence electrons. The molecule has 0 bridgehead atoms. The first kappa shape index (κ1) is 18.5. The SMILES string of the molecule is CCC(=O)OCCOC(=O)C1CCCCC1C(=O)OC(C)C. The largest absolute Gasteiger partial charge is 0.463 e. The minimum Gasteiger partial charge on any atom is -0.463 e. The summed E-state index contributed by atoms with van der Waals surface area (Å²) in [5.74, 6) is -1.94. The molecule has 22 heavy (non-hydrogen) atoms. The maximum absolute atomic E-state index is 12.1. The smallest absolute Gasteiger partial charge is 0.310 e. The maximum Gasteiger partial charge on any atom is 0.310 e. The Morgan fingerprint density at radius 3 is 2.05 bits per heavy atom. The molecule has 6 heteroatoms. The minimum atomic E-state index is -0.457. The Morgan fingerprint density at radius 2 is 1.50 bits per heavy atom. The second-order valence-corrected chi connectivity index (χ2v) is 5.72. The first-order valence-electron chi connectivity index (χ1n) is 7.98. The van der Waals surface area contributed by atoms with Crippen LogP contribution in [0.15, 0.2) is 0 Å². The summed E-state index contributed by atoms with van der Waals surface area (Å²) in [6, 6.07) is 0. The average molecular weight is 314 g/mol. The standard InChI is InChI=1S/C16H26O6/c1-4-14(17)20-9-10-21-15(18)12-7-5-6-8-13(12)16(19)22-11(2)3/h11-13H,4-10H2,1-3H3. The van der Waals surface area contributed by atoms with Crippen molar-refractivity contribution in [2.75, 3.05) is 13.2 Å². The fourth-order valence-corrected chi connectivity index (χ4v) is 2.52. The summed E-state index contributed by atoms with van der Waals surface area (Å²) < 4.78 is 15.2. The van der Waals surface area contributed by atoms with Crippen molar-refractivity contribution in [3.8, 4) is 0 Å². The van der Waals surface area contributed by atoms with E-state index in [2.05, 4.69) is 0 Å². The molecule has 0 saturated heterocycles. The molecular formula is C16H26O6. The summed E-state index contributed by atoms with van der Waals surface area (Å²) in [7, 11) is 0. The van der Waals surface area contributed by atoms with E-state index in [0.29, 0.717) is 19.3 Å². The van der Waals surface area contributed by atoms with Crippen LogP contribution in [-0.2, 0) is 28.6 Å². The third kappa shape index (κ3) is 6.03.